The molecule has 0 radical (unpaired) electrons. The van der Waals surface area contributed by atoms with Gasteiger partial charge in [-0.15, -0.1) is 11.3 Å². The molecule has 0 saturated heterocycles. The summed E-state index contributed by atoms with van der Waals surface area (Å²) in [7, 11) is 0. The van der Waals surface area contributed by atoms with E-state index in [1.807, 2.05) is 6.07 Å². The van der Waals surface area contributed by atoms with Crippen molar-refractivity contribution in [2.75, 3.05) is 19.6 Å². The summed E-state index contributed by atoms with van der Waals surface area (Å²) in [6.45, 7) is 6.08. The van der Waals surface area contributed by atoms with Crippen LogP contribution in [0.2, 0.25) is 0 Å². The molecule has 0 aliphatic carbocycles. The van der Waals surface area contributed by atoms with E-state index in [4.69, 9.17) is 0 Å². The SMILES string of the molecule is CCNCCCNCc1cc2cc(F)ccc2s1. The predicted octanol–water partition coefficient (Wildman–Crippen LogP) is 3.13. The van der Waals surface area contributed by atoms with E-state index in [0.29, 0.717) is 0 Å². The maximum atomic E-state index is 13.1. The fraction of sp³-hybridized carbons (Fsp3) is 0.429. The van der Waals surface area contributed by atoms with Crippen molar-refractivity contribution >= 4 is 21.4 Å². The van der Waals surface area contributed by atoms with Crippen molar-refractivity contribution < 1.29 is 4.39 Å². The molecule has 1 aromatic carbocycles. The van der Waals surface area contributed by atoms with E-state index >= 15 is 0 Å². The van der Waals surface area contributed by atoms with E-state index in [0.717, 1.165) is 42.7 Å². The monoisotopic (exact) mass is 266 g/mol. The third-order valence-electron chi connectivity index (χ3n) is 2.79. The number of hydrogen-bond donors (Lipinski definition) is 2. The Morgan fingerprint density at radius 2 is 2.00 bits per heavy atom. The van der Waals surface area contributed by atoms with Crippen LogP contribution < -0.4 is 10.6 Å². The van der Waals surface area contributed by atoms with Gasteiger partial charge in [0.05, 0.1) is 0 Å². The van der Waals surface area contributed by atoms with Gasteiger partial charge in [0.25, 0.3) is 0 Å². The van der Waals surface area contributed by atoms with Crippen molar-refractivity contribution in [3.63, 3.8) is 0 Å². The van der Waals surface area contributed by atoms with E-state index in [-0.39, 0.29) is 5.82 Å². The van der Waals surface area contributed by atoms with Gasteiger partial charge in [-0.25, -0.2) is 4.39 Å². The van der Waals surface area contributed by atoms with Crippen LogP contribution in [0.1, 0.15) is 18.2 Å². The molecule has 2 nitrogen and oxygen atoms in total. The van der Waals surface area contributed by atoms with Crippen LogP contribution in [-0.4, -0.2) is 19.6 Å². The van der Waals surface area contributed by atoms with Crippen LogP contribution in [0.25, 0.3) is 10.1 Å². The number of halogens is 1. The lowest BCUT2D eigenvalue weighted by Gasteiger charge is -2.03. The van der Waals surface area contributed by atoms with Crippen LogP contribution >= 0.6 is 11.3 Å². The van der Waals surface area contributed by atoms with Gasteiger partial charge in [-0.1, -0.05) is 6.92 Å². The summed E-state index contributed by atoms with van der Waals surface area (Å²) in [5.74, 6) is -0.162. The van der Waals surface area contributed by atoms with Gasteiger partial charge in [0, 0.05) is 16.1 Å². The number of thiophene rings is 1. The number of rotatable bonds is 7. The molecule has 0 aliphatic rings. The minimum absolute atomic E-state index is 0.162. The van der Waals surface area contributed by atoms with Crippen molar-refractivity contribution in [3.05, 3.63) is 35.0 Å². The second-order valence-electron chi connectivity index (χ2n) is 4.28. The molecular weight excluding hydrogens is 247 g/mol. The summed E-state index contributed by atoms with van der Waals surface area (Å²) < 4.78 is 14.2. The van der Waals surface area contributed by atoms with Crippen molar-refractivity contribution in [1.82, 2.24) is 10.6 Å². The highest BCUT2D eigenvalue weighted by Crippen LogP contribution is 2.26. The molecule has 4 heteroatoms. The maximum absolute atomic E-state index is 13.1. The van der Waals surface area contributed by atoms with E-state index in [1.54, 1.807) is 17.4 Å². The molecule has 0 amide bonds. The van der Waals surface area contributed by atoms with Gasteiger partial charge >= 0.3 is 0 Å². The Labute approximate surface area is 111 Å². The standard InChI is InChI=1S/C14H19FN2S/c1-2-16-6-3-7-17-10-13-9-11-8-12(15)4-5-14(11)18-13/h4-5,8-9,16-17H,2-3,6-7,10H2,1H3. The predicted molar refractivity (Wildman–Crippen MR) is 76.7 cm³/mol. The van der Waals surface area contributed by atoms with E-state index in [1.165, 1.54) is 10.9 Å². The summed E-state index contributed by atoms with van der Waals surface area (Å²) in [5, 5.41) is 7.71. The normalized spacial score (nSPS) is 11.2. The summed E-state index contributed by atoms with van der Waals surface area (Å²) >= 11 is 1.73. The Kier molecular flexibility index (Phi) is 5.11. The van der Waals surface area contributed by atoms with Gasteiger partial charge in [-0.2, -0.15) is 0 Å². The minimum atomic E-state index is -0.162. The topological polar surface area (TPSA) is 24.1 Å². The molecule has 0 unspecified atom stereocenters. The molecule has 0 atom stereocenters. The molecule has 2 N–H and O–H groups in total. The van der Waals surface area contributed by atoms with Crippen LogP contribution in [-0.2, 0) is 6.54 Å². The van der Waals surface area contributed by atoms with Crippen molar-refractivity contribution in [1.29, 1.82) is 0 Å². The molecule has 1 aromatic heterocycles. The van der Waals surface area contributed by atoms with Crippen LogP contribution in [0.4, 0.5) is 4.39 Å². The highest BCUT2D eigenvalue weighted by molar-refractivity contribution is 7.19. The fourth-order valence-electron chi connectivity index (χ4n) is 1.88. The van der Waals surface area contributed by atoms with Gasteiger partial charge in [0.1, 0.15) is 5.82 Å². The third-order valence-corrected chi connectivity index (χ3v) is 3.90. The Bertz CT molecular complexity index is 495. The molecule has 2 rings (SSSR count). The van der Waals surface area contributed by atoms with Gasteiger partial charge in [0.15, 0.2) is 0 Å². The Morgan fingerprint density at radius 1 is 1.17 bits per heavy atom. The van der Waals surface area contributed by atoms with E-state index in [9.17, 15) is 4.39 Å². The number of hydrogen-bond acceptors (Lipinski definition) is 3. The Balaban J connectivity index is 1.81. The molecule has 0 fully saturated rings. The summed E-state index contributed by atoms with van der Waals surface area (Å²) in [6.07, 6.45) is 1.13. The van der Waals surface area contributed by atoms with Crippen LogP contribution in [0.15, 0.2) is 24.3 Å². The van der Waals surface area contributed by atoms with Gasteiger partial charge in [-0.3, -0.25) is 0 Å². The molecule has 1 heterocycles. The lowest BCUT2D eigenvalue weighted by atomic mass is 10.2. The maximum Gasteiger partial charge on any atom is 0.123 e. The second kappa shape index (κ2) is 6.83. The second-order valence-corrected chi connectivity index (χ2v) is 5.45. The highest BCUT2D eigenvalue weighted by Gasteiger charge is 2.02. The molecule has 0 bridgehead atoms. The van der Waals surface area contributed by atoms with E-state index < -0.39 is 0 Å². The Hall–Kier alpha value is -0.970. The largest absolute Gasteiger partial charge is 0.317 e. The van der Waals surface area contributed by atoms with Crippen LogP contribution in [0.3, 0.4) is 0 Å². The zero-order valence-corrected chi connectivity index (χ0v) is 11.4. The molecular formula is C14H19FN2S. The molecule has 0 saturated carbocycles. The van der Waals surface area contributed by atoms with E-state index in [2.05, 4.69) is 23.6 Å². The minimum Gasteiger partial charge on any atom is -0.317 e. The zero-order valence-electron chi connectivity index (χ0n) is 10.6. The van der Waals surface area contributed by atoms with Gasteiger partial charge in [0.2, 0.25) is 0 Å². The molecule has 0 spiro atoms. The molecule has 2 aromatic rings. The first kappa shape index (κ1) is 13.5. The number of nitrogens with one attached hydrogen (secondary N) is 2. The highest BCUT2D eigenvalue weighted by atomic mass is 32.1. The summed E-state index contributed by atoms with van der Waals surface area (Å²) in [5.41, 5.74) is 0. The first-order valence-electron chi connectivity index (χ1n) is 6.39. The average Bonchev–Trinajstić information content (AvgIpc) is 2.75. The number of benzene rings is 1. The van der Waals surface area contributed by atoms with Crippen molar-refractivity contribution in [2.45, 2.75) is 19.9 Å². The number of fused-ring (bicyclic) bond motifs is 1. The molecule has 98 valence electrons. The lowest BCUT2D eigenvalue weighted by Crippen LogP contribution is -2.21. The van der Waals surface area contributed by atoms with Gasteiger partial charge in [-0.05, 0) is 55.7 Å². The first-order valence-corrected chi connectivity index (χ1v) is 7.20. The lowest BCUT2D eigenvalue weighted by molar-refractivity contribution is 0.609. The van der Waals surface area contributed by atoms with Gasteiger partial charge < -0.3 is 10.6 Å². The third kappa shape index (κ3) is 3.77. The molecule has 18 heavy (non-hydrogen) atoms. The smallest absolute Gasteiger partial charge is 0.123 e. The van der Waals surface area contributed by atoms with Crippen LogP contribution in [0, 0.1) is 5.82 Å². The quantitative estimate of drug-likeness (QED) is 0.752. The summed E-state index contributed by atoms with van der Waals surface area (Å²) in [6, 6.07) is 7.04. The average molecular weight is 266 g/mol. The Morgan fingerprint density at radius 3 is 2.83 bits per heavy atom. The van der Waals surface area contributed by atoms with Crippen molar-refractivity contribution in [3.8, 4) is 0 Å². The zero-order chi connectivity index (χ0) is 12.8. The van der Waals surface area contributed by atoms with Crippen LogP contribution in [0.5, 0.6) is 0 Å². The first-order chi connectivity index (χ1) is 8.79. The van der Waals surface area contributed by atoms with Crippen molar-refractivity contribution in [2.24, 2.45) is 0 Å². The summed E-state index contributed by atoms with van der Waals surface area (Å²) in [4.78, 5) is 1.26. The fourth-order valence-corrected chi connectivity index (χ4v) is 2.90. The molecule has 0 aliphatic heterocycles.